The fraction of sp³-hybridized carbons (Fsp3) is 0.222. The third-order valence-corrected chi connectivity index (χ3v) is 2.97. The van der Waals surface area contributed by atoms with Gasteiger partial charge in [0.25, 0.3) is 0 Å². The average molecular weight is 334 g/mol. The number of halogens is 1. The lowest BCUT2D eigenvalue weighted by Crippen LogP contribution is -2.31. The van der Waals surface area contributed by atoms with Gasteiger partial charge in [-0.3, -0.25) is 4.79 Å². The van der Waals surface area contributed by atoms with Gasteiger partial charge in [-0.05, 0) is 36.2 Å². The first kappa shape index (κ1) is 18.7. The number of rotatable bonds is 5. The summed E-state index contributed by atoms with van der Waals surface area (Å²) in [6.45, 7) is 3.30. The van der Waals surface area contributed by atoms with E-state index in [0.717, 1.165) is 16.8 Å². The van der Waals surface area contributed by atoms with E-state index in [-0.39, 0.29) is 5.24 Å². The number of aliphatic carboxylic acids is 1. The number of anilines is 1. The van der Waals surface area contributed by atoms with Crippen molar-refractivity contribution < 1.29 is 14.7 Å². The van der Waals surface area contributed by atoms with Gasteiger partial charge in [-0.1, -0.05) is 48.0 Å². The molecule has 122 valence electrons. The Kier molecular flexibility index (Phi) is 7.84. The fourth-order valence-corrected chi connectivity index (χ4v) is 1.90. The molecular formula is C18H20ClNO3. The SMILES string of the molecule is CC(=O)Cl.Cc1ccc(N[C@@H](Cc2ccccc2)C(=O)O)cc1. The van der Waals surface area contributed by atoms with Gasteiger partial charge in [0.1, 0.15) is 6.04 Å². The van der Waals surface area contributed by atoms with Gasteiger partial charge in [0, 0.05) is 19.0 Å². The molecule has 0 spiro atoms. The highest BCUT2D eigenvalue weighted by atomic mass is 35.5. The Morgan fingerprint density at radius 2 is 1.61 bits per heavy atom. The number of carbonyl (C=O) groups excluding carboxylic acids is 1. The van der Waals surface area contributed by atoms with Crippen LogP contribution in [0.15, 0.2) is 54.6 Å². The molecule has 0 bridgehead atoms. The van der Waals surface area contributed by atoms with E-state index >= 15 is 0 Å². The van der Waals surface area contributed by atoms with Crippen LogP contribution in [-0.2, 0) is 16.0 Å². The summed E-state index contributed by atoms with van der Waals surface area (Å²) in [7, 11) is 0. The molecule has 0 saturated carbocycles. The second kappa shape index (κ2) is 9.64. The zero-order valence-corrected chi connectivity index (χ0v) is 13.9. The van der Waals surface area contributed by atoms with Gasteiger partial charge >= 0.3 is 5.97 Å². The van der Waals surface area contributed by atoms with Crippen LogP contribution < -0.4 is 5.32 Å². The predicted molar refractivity (Wildman–Crippen MR) is 92.9 cm³/mol. The minimum absolute atomic E-state index is 0.361. The number of hydrogen-bond acceptors (Lipinski definition) is 3. The standard InChI is InChI=1S/C16H17NO2.C2H3ClO/c1-12-7-9-14(10-8-12)17-15(16(18)19)11-13-5-3-2-4-6-13;1-2(3)4/h2-10,15,17H,11H2,1H3,(H,18,19);1H3/t15-;/m0./s1. The number of benzene rings is 2. The molecule has 0 aliphatic rings. The second-order valence-corrected chi connectivity index (χ2v) is 5.59. The highest BCUT2D eigenvalue weighted by Gasteiger charge is 2.17. The minimum atomic E-state index is -0.843. The topological polar surface area (TPSA) is 66.4 Å². The van der Waals surface area contributed by atoms with E-state index in [1.807, 2.05) is 61.5 Å². The lowest BCUT2D eigenvalue weighted by Gasteiger charge is -2.16. The van der Waals surface area contributed by atoms with Crippen LogP contribution >= 0.6 is 11.6 Å². The van der Waals surface area contributed by atoms with Crippen molar-refractivity contribution in [1.82, 2.24) is 0 Å². The number of aryl methyl sites for hydroxylation is 1. The van der Waals surface area contributed by atoms with Crippen molar-refractivity contribution in [3.05, 3.63) is 65.7 Å². The van der Waals surface area contributed by atoms with Gasteiger partial charge in [0.2, 0.25) is 5.24 Å². The van der Waals surface area contributed by atoms with Gasteiger partial charge in [0.15, 0.2) is 0 Å². The highest BCUT2D eigenvalue weighted by Crippen LogP contribution is 2.13. The normalized spacial score (nSPS) is 10.9. The molecule has 2 aromatic rings. The molecule has 0 aromatic heterocycles. The third-order valence-electron chi connectivity index (χ3n) is 2.97. The first-order valence-corrected chi connectivity index (χ1v) is 7.52. The van der Waals surface area contributed by atoms with Crippen molar-refractivity contribution in [2.45, 2.75) is 26.3 Å². The zero-order valence-electron chi connectivity index (χ0n) is 13.1. The smallest absolute Gasteiger partial charge is 0.326 e. The molecule has 1 atom stereocenters. The molecule has 0 aliphatic heterocycles. The van der Waals surface area contributed by atoms with Crippen molar-refractivity contribution in [2.24, 2.45) is 0 Å². The van der Waals surface area contributed by atoms with Crippen LogP contribution in [0.25, 0.3) is 0 Å². The summed E-state index contributed by atoms with van der Waals surface area (Å²) in [6, 6.07) is 16.7. The Morgan fingerprint density at radius 1 is 1.09 bits per heavy atom. The fourth-order valence-electron chi connectivity index (χ4n) is 1.90. The van der Waals surface area contributed by atoms with E-state index in [2.05, 4.69) is 16.9 Å². The zero-order chi connectivity index (χ0) is 17.2. The van der Waals surface area contributed by atoms with Crippen LogP contribution in [0.2, 0.25) is 0 Å². The van der Waals surface area contributed by atoms with Gasteiger partial charge in [-0.2, -0.15) is 0 Å². The van der Waals surface area contributed by atoms with E-state index in [1.165, 1.54) is 6.92 Å². The van der Waals surface area contributed by atoms with Crippen molar-refractivity contribution >= 4 is 28.5 Å². The van der Waals surface area contributed by atoms with Gasteiger partial charge in [-0.25, -0.2) is 4.79 Å². The average Bonchev–Trinajstić information content (AvgIpc) is 2.49. The Balaban J connectivity index is 0.000000593. The third kappa shape index (κ3) is 8.02. The van der Waals surface area contributed by atoms with Crippen LogP contribution in [0.5, 0.6) is 0 Å². The number of carbonyl (C=O) groups is 2. The second-order valence-electron chi connectivity index (χ2n) is 5.06. The molecule has 0 radical (unpaired) electrons. The summed E-state index contributed by atoms with van der Waals surface area (Å²) in [5.74, 6) is -0.843. The maximum absolute atomic E-state index is 11.3. The number of carboxylic acid groups (broad SMARTS) is 1. The predicted octanol–water partition coefficient (Wildman–Crippen LogP) is 3.87. The van der Waals surface area contributed by atoms with E-state index in [4.69, 9.17) is 0 Å². The number of hydrogen-bond donors (Lipinski definition) is 2. The molecule has 5 heteroatoms. The van der Waals surface area contributed by atoms with Crippen molar-refractivity contribution in [1.29, 1.82) is 0 Å². The molecule has 0 fully saturated rings. The molecular weight excluding hydrogens is 314 g/mol. The molecule has 2 aromatic carbocycles. The number of carboxylic acids is 1. The van der Waals surface area contributed by atoms with E-state index in [1.54, 1.807) is 0 Å². The molecule has 0 amide bonds. The molecule has 0 aliphatic carbocycles. The molecule has 2 N–H and O–H groups in total. The minimum Gasteiger partial charge on any atom is -0.480 e. The monoisotopic (exact) mass is 333 g/mol. The van der Waals surface area contributed by atoms with Gasteiger partial charge in [-0.15, -0.1) is 0 Å². The highest BCUT2D eigenvalue weighted by molar-refractivity contribution is 6.62. The summed E-state index contributed by atoms with van der Waals surface area (Å²) < 4.78 is 0. The van der Waals surface area contributed by atoms with Crippen LogP contribution in [-0.4, -0.2) is 22.4 Å². The van der Waals surface area contributed by atoms with Gasteiger partial charge in [0.05, 0.1) is 0 Å². The maximum atomic E-state index is 11.3. The van der Waals surface area contributed by atoms with Crippen molar-refractivity contribution in [3.63, 3.8) is 0 Å². The largest absolute Gasteiger partial charge is 0.480 e. The van der Waals surface area contributed by atoms with Gasteiger partial charge < -0.3 is 10.4 Å². The van der Waals surface area contributed by atoms with Crippen LogP contribution in [0.3, 0.4) is 0 Å². The lowest BCUT2D eigenvalue weighted by atomic mass is 10.1. The Bertz CT molecular complexity index is 622. The maximum Gasteiger partial charge on any atom is 0.326 e. The first-order chi connectivity index (χ1) is 10.9. The van der Waals surface area contributed by atoms with Crippen molar-refractivity contribution in [2.75, 3.05) is 5.32 Å². The summed E-state index contributed by atoms with van der Waals surface area (Å²) in [6.07, 6.45) is 0.462. The van der Waals surface area contributed by atoms with E-state index in [0.29, 0.717) is 6.42 Å². The van der Waals surface area contributed by atoms with Crippen molar-refractivity contribution in [3.8, 4) is 0 Å². The molecule has 2 rings (SSSR count). The Hall–Kier alpha value is -2.33. The van der Waals surface area contributed by atoms with Crippen LogP contribution in [0, 0.1) is 6.92 Å². The molecule has 4 nitrogen and oxygen atoms in total. The summed E-state index contributed by atoms with van der Waals surface area (Å²) >= 11 is 4.64. The lowest BCUT2D eigenvalue weighted by molar-refractivity contribution is -0.137. The number of nitrogens with one attached hydrogen (secondary N) is 1. The molecule has 0 unspecified atom stereocenters. The van der Waals surface area contributed by atoms with E-state index in [9.17, 15) is 14.7 Å². The Labute approximate surface area is 141 Å². The van der Waals surface area contributed by atoms with Crippen LogP contribution in [0.1, 0.15) is 18.1 Å². The molecule has 0 saturated heterocycles. The summed E-state index contributed by atoms with van der Waals surface area (Å²) in [5, 5.41) is 12.0. The molecule has 23 heavy (non-hydrogen) atoms. The summed E-state index contributed by atoms with van der Waals surface area (Å²) in [5.41, 5.74) is 2.99. The molecule has 0 heterocycles. The quantitative estimate of drug-likeness (QED) is 0.815. The first-order valence-electron chi connectivity index (χ1n) is 7.14. The summed E-state index contributed by atoms with van der Waals surface area (Å²) in [4.78, 5) is 20.5. The van der Waals surface area contributed by atoms with E-state index < -0.39 is 12.0 Å². The van der Waals surface area contributed by atoms with Crippen LogP contribution in [0.4, 0.5) is 5.69 Å². The Morgan fingerprint density at radius 3 is 2.09 bits per heavy atom.